The normalized spacial score (nSPS) is 14.4. The van der Waals surface area contributed by atoms with Gasteiger partial charge in [-0.05, 0) is 188 Å². The maximum atomic E-state index is 2.66. The van der Waals surface area contributed by atoms with Gasteiger partial charge in [0.05, 0.1) is 27.6 Å². The van der Waals surface area contributed by atoms with E-state index in [1.165, 1.54) is 155 Å². The van der Waals surface area contributed by atoms with Gasteiger partial charge in [0.1, 0.15) is 0 Å². The third kappa shape index (κ3) is 6.58. The molecule has 4 heteroatoms. The molecule has 96 heavy (non-hydrogen) atoms. The summed E-state index contributed by atoms with van der Waals surface area (Å²) in [5.74, 6) is 0. The number of fused-ring (bicyclic) bond motifs is 28. The average molecular weight is 1210 g/mol. The van der Waals surface area contributed by atoms with Crippen molar-refractivity contribution < 1.29 is 0 Å². The first-order valence-electron chi connectivity index (χ1n) is 33.7. The van der Waals surface area contributed by atoms with Gasteiger partial charge >= 0.3 is 0 Å². The SMILES string of the molecule is c1ccc(-c2ccc(N3c4cc(-n5c6ccccc6c6ccccc65)cc5c4B(c4cc(-c6ccccc6)ccc4N5c4ccc5c(c4)-c4ccccc4C54c5ccccc5-c5ccccc54)c4c3ccc3c4-c4ccccc4C34c3ccccc3-c3ccccc34)cc2)cc1. The standard InChI is InChI=1S/C92H56BN3/c1-3-23-57(24-4-1)59-43-46-61(47-44-59)94-85-52-50-80-88(71-34-12-20-40-78(71)92(80)75-37-17-9-29-66(75)67-30-10-18-38-76(67)92)90(85)93-81-53-60(58-25-5-2-6-26-58)45-51-84(81)95(87-56-63(55-86(94)89(87)93)96-82-41-21-13-32-69(82)70-33-14-22-42-83(70)96)62-48-49-79-72(54-62)68-31-11-19-39-77(68)91(79)73-35-15-7-27-64(73)65-28-8-16-36-74(65)91/h1-56H. The van der Waals surface area contributed by atoms with Crippen molar-refractivity contribution in [3.05, 3.63) is 384 Å². The summed E-state index contributed by atoms with van der Waals surface area (Å²) < 4.78 is 2.53. The second-order valence-corrected chi connectivity index (χ2v) is 26.8. The summed E-state index contributed by atoms with van der Waals surface area (Å²) in [7, 11) is 0. The third-order valence-corrected chi connectivity index (χ3v) is 22.6. The smallest absolute Gasteiger partial charge is 0.252 e. The van der Waals surface area contributed by atoms with Crippen LogP contribution in [0.2, 0.25) is 0 Å². The molecule has 22 rings (SSSR count). The van der Waals surface area contributed by atoms with Gasteiger partial charge in [-0.1, -0.05) is 279 Å². The second-order valence-electron chi connectivity index (χ2n) is 26.8. The fraction of sp³-hybridized carbons (Fsp3) is 0.0217. The van der Waals surface area contributed by atoms with Crippen LogP contribution in [0.3, 0.4) is 0 Å². The molecule has 442 valence electrons. The van der Waals surface area contributed by atoms with Gasteiger partial charge in [0.15, 0.2) is 0 Å². The maximum absolute atomic E-state index is 2.66. The molecule has 2 spiro atoms. The van der Waals surface area contributed by atoms with Gasteiger partial charge in [0.25, 0.3) is 6.71 Å². The fourth-order valence-electron chi connectivity index (χ4n) is 19.0. The molecule has 4 aliphatic carbocycles. The minimum atomic E-state index is -0.562. The Morgan fingerprint density at radius 2 is 0.615 bits per heavy atom. The van der Waals surface area contributed by atoms with E-state index in [0.717, 1.165) is 34.1 Å². The van der Waals surface area contributed by atoms with Crippen molar-refractivity contribution in [2.75, 3.05) is 9.80 Å². The molecule has 0 atom stereocenters. The molecule has 0 bridgehead atoms. The van der Waals surface area contributed by atoms with Gasteiger partial charge < -0.3 is 14.4 Å². The van der Waals surface area contributed by atoms with E-state index in [0.29, 0.717) is 0 Å². The van der Waals surface area contributed by atoms with Crippen molar-refractivity contribution >= 4 is 79.0 Å². The van der Waals surface area contributed by atoms with Gasteiger partial charge in [0.2, 0.25) is 0 Å². The lowest BCUT2D eigenvalue weighted by atomic mass is 9.32. The molecule has 0 amide bonds. The summed E-state index contributed by atoms with van der Waals surface area (Å²) in [6.45, 7) is -0.234. The highest BCUT2D eigenvalue weighted by Gasteiger charge is 2.56. The van der Waals surface area contributed by atoms with Gasteiger partial charge in [0, 0.05) is 44.9 Å². The summed E-state index contributed by atoms with van der Waals surface area (Å²) in [4.78, 5) is 5.30. The summed E-state index contributed by atoms with van der Waals surface area (Å²) in [6.07, 6.45) is 0. The Hall–Kier alpha value is -12.2. The highest BCUT2D eigenvalue weighted by molar-refractivity contribution is 7.01. The molecule has 2 aliphatic heterocycles. The highest BCUT2D eigenvalue weighted by atomic mass is 15.2. The lowest BCUT2D eigenvalue weighted by Gasteiger charge is -2.45. The Balaban J connectivity index is 0.885. The number of aromatic nitrogens is 1. The van der Waals surface area contributed by atoms with E-state index in [-0.39, 0.29) is 6.71 Å². The minimum absolute atomic E-state index is 0.234. The van der Waals surface area contributed by atoms with Gasteiger partial charge in [-0.2, -0.15) is 0 Å². The first kappa shape index (κ1) is 52.3. The van der Waals surface area contributed by atoms with E-state index < -0.39 is 10.8 Å². The molecule has 0 unspecified atom stereocenters. The van der Waals surface area contributed by atoms with Crippen LogP contribution in [0, 0.1) is 0 Å². The molecular weight excluding hydrogens is 1160 g/mol. The van der Waals surface area contributed by atoms with Crippen molar-refractivity contribution in [3.63, 3.8) is 0 Å². The van der Waals surface area contributed by atoms with Gasteiger partial charge in [-0.3, -0.25) is 0 Å². The van der Waals surface area contributed by atoms with Gasteiger partial charge in [-0.15, -0.1) is 0 Å². The monoisotopic (exact) mass is 1210 g/mol. The van der Waals surface area contributed by atoms with Crippen LogP contribution in [0.5, 0.6) is 0 Å². The molecule has 3 nitrogen and oxygen atoms in total. The fourth-order valence-corrected chi connectivity index (χ4v) is 19.0. The molecule has 15 aromatic carbocycles. The Morgan fingerprint density at radius 3 is 1.17 bits per heavy atom. The number of benzene rings is 15. The van der Waals surface area contributed by atoms with E-state index in [1.54, 1.807) is 0 Å². The van der Waals surface area contributed by atoms with Crippen LogP contribution in [0.4, 0.5) is 34.1 Å². The van der Waals surface area contributed by atoms with Crippen molar-refractivity contribution in [2.24, 2.45) is 0 Å². The maximum Gasteiger partial charge on any atom is 0.252 e. The lowest BCUT2D eigenvalue weighted by molar-refractivity contribution is 0.794. The number of anilines is 6. The van der Waals surface area contributed by atoms with Crippen LogP contribution in [0.1, 0.15) is 44.5 Å². The van der Waals surface area contributed by atoms with Crippen molar-refractivity contribution in [3.8, 4) is 72.4 Å². The van der Waals surface area contributed by atoms with Crippen LogP contribution in [0.25, 0.3) is 94.3 Å². The summed E-state index contributed by atoms with van der Waals surface area (Å²) in [5, 5.41) is 2.46. The number of hydrogen-bond acceptors (Lipinski definition) is 2. The van der Waals surface area contributed by atoms with E-state index in [9.17, 15) is 0 Å². The van der Waals surface area contributed by atoms with Crippen LogP contribution in [-0.2, 0) is 10.8 Å². The van der Waals surface area contributed by atoms with Crippen molar-refractivity contribution in [1.82, 2.24) is 4.57 Å². The Labute approximate surface area is 557 Å². The molecule has 0 saturated carbocycles. The van der Waals surface area contributed by atoms with Crippen LogP contribution in [-0.4, -0.2) is 11.3 Å². The van der Waals surface area contributed by atoms with Crippen molar-refractivity contribution in [1.29, 1.82) is 0 Å². The Bertz CT molecular complexity index is 5910. The molecule has 0 radical (unpaired) electrons. The number of hydrogen-bond donors (Lipinski definition) is 0. The largest absolute Gasteiger partial charge is 0.311 e. The van der Waals surface area contributed by atoms with E-state index >= 15 is 0 Å². The zero-order chi connectivity index (χ0) is 62.5. The lowest BCUT2D eigenvalue weighted by Crippen LogP contribution is -2.62. The highest BCUT2D eigenvalue weighted by Crippen LogP contribution is 2.66. The summed E-state index contributed by atoms with van der Waals surface area (Å²) >= 11 is 0. The molecule has 0 fully saturated rings. The number of rotatable bonds is 5. The third-order valence-electron chi connectivity index (χ3n) is 22.6. The van der Waals surface area contributed by atoms with E-state index in [4.69, 9.17) is 0 Å². The predicted molar refractivity (Wildman–Crippen MR) is 398 cm³/mol. The predicted octanol–water partition coefficient (Wildman–Crippen LogP) is 20.9. The van der Waals surface area contributed by atoms with Crippen LogP contribution in [0.15, 0.2) is 340 Å². The molecular formula is C92H56BN3. The molecule has 0 saturated heterocycles. The zero-order valence-electron chi connectivity index (χ0n) is 52.3. The zero-order valence-corrected chi connectivity index (χ0v) is 52.3. The topological polar surface area (TPSA) is 11.4 Å². The van der Waals surface area contributed by atoms with Crippen LogP contribution < -0.4 is 26.2 Å². The molecule has 6 aliphatic rings. The first-order chi connectivity index (χ1) is 47.7. The molecule has 1 aromatic heterocycles. The first-order valence-corrected chi connectivity index (χ1v) is 33.7. The van der Waals surface area contributed by atoms with Gasteiger partial charge in [-0.25, -0.2) is 0 Å². The van der Waals surface area contributed by atoms with E-state index in [1.807, 2.05) is 0 Å². The molecule has 3 heterocycles. The Morgan fingerprint density at radius 1 is 0.229 bits per heavy atom. The second kappa shape index (κ2) is 19.2. The average Bonchev–Trinajstić information content (AvgIpc) is 1.46. The quantitative estimate of drug-likeness (QED) is 0.159. The number of nitrogens with zero attached hydrogens (tertiary/aromatic N) is 3. The Kier molecular flexibility index (Phi) is 10.5. The van der Waals surface area contributed by atoms with E-state index in [2.05, 4.69) is 354 Å². The molecule has 0 N–H and O–H groups in total. The minimum Gasteiger partial charge on any atom is -0.311 e. The molecule has 16 aromatic rings. The summed E-state index contributed by atoms with van der Waals surface area (Å²) in [6, 6.07) is 130. The number of para-hydroxylation sites is 2. The van der Waals surface area contributed by atoms with Crippen LogP contribution >= 0.6 is 0 Å². The summed E-state index contributed by atoms with van der Waals surface area (Å²) in [5.41, 5.74) is 38.8. The van der Waals surface area contributed by atoms with Crippen molar-refractivity contribution in [2.45, 2.75) is 10.8 Å².